The standard InChI is InChI=1S/C24H25F4N3O4S/c25-17-8-10-19(11-9-17)30-22(33)14-36(35)15-23(34)31(13-21(32)29-18-5-1-2-6-18)20-7-3-4-16(12-20)24(26,27)28/h3-4,7-12,18H,1-2,5-6,13-15H2,(H,29,32)(H,30,33)/t36-/m1/s1. The van der Waals surface area contributed by atoms with E-state index in [4.69, 9.17) is 0 Å². The summed E-state index contributed by atoms with van der Waals surface area (Å²) in [6, 6.07) is 8.73. The van der Waals surface area contributed by atoms with Crippen molar-refractivity contribution < 1.29 is 36.2 Å². The van der Waals surface area contributed by atoms with Crippen LogP contribution in [0.4, 0.5) is 28.9 Å². The molecular formula is C24H25F4N3O4S. The third-order valence-corrected chi connectivity index (χ3v) is 6.67. The smallest absolute Gasteiger partial charge is 0.352 e. The quantitative estimate of drug-likeness (QED) is 0.487. The summed E-state index contributed by atoms with van der Waals surface area (Å²) in [6.07, 6.45) is -1.23. The Morgan fingerprint density at radius 3 is 2.28 bits per heavy atom. The molecule has 12 heteroatoms. The second-order valence-electron chi connectivity index (χ2n) is 8.36. The van der Waals surface area contributed by atoms with Crippen LogP contribution in [0.2, 0.25) is 0 Å². The van der Waals surface area contributed by atoms with Gasteiger partial charge in [-0.3, -0.25) is 18.6 Å². The molecule has 0 radical (unpaired) electrons. The molecule has 1 fully saturated rings. The summed E-state index contributed by atoms with van der Waals surface area (Å²) >= 11 is 0. The minimum absolute atomic E-state index is 0.0692. The Hall–Kier alpha value is -3.28. The van der Waals surface area contributed by atoms with E-state index in [1.54, 1.807) is 0 Å². The maximum absolute atomic E-state index is 13.2. The molecule has 0 heterocycles. The summed E-state index contributed by atoms with van der Waals surface area (Å²) in [7, 11) is -2.03. The Morgan fingerprint density at radius 1 is 0.972 bits per heavy atom. The average Bonchev–Trinajstić information content (AvgIpc) is 3.31. The van der Waals surface area contributed by atoms with Gasteiger partial charge in [0.05, 0.1) is 5.56 Å². The molecule has 2 aromatic rings. The molecule has 7 nitrogen and oxygen atoms in total. The molecule has 2 N–H and O–H groups in total. The highest BCUT2D eigenvalue weighted by atomic mass is 32.2. The van der Waals surface area contributed by atoms with Crippen molar-refractivity contribution in [3.8, 4) is 0 Å². The highest BCUT2D eigenvalue weighted by Crippen LogP contribution is 2.31. The third kappa shape index (κ3) is 8.14. The molecule has 0 saturated heterocycles. The van der Waals surface area contributed by atoms with Crippen LogP contribution in [-0.2, 0) is 31.4 Å². The largest absolute Gasteiger partial charge is 0.416 e. The molecule has 1 saturated carbocycles. The number of hydrogen-bond donors (Lipinski definition) is 2. The molecule has 1 aliphatic carbocycles. The van der Waals surface area contributed by atoms with Crippen molar-refractivity contribution in [1.29, 1.82) is 0 Å². The molecule has 0 spiro atoms. The minimum atomic E-state index is -4.67. The van der Waals surface area contributed by atoms with E-state index in [2.05, 4.69) is 10.6 Å². The van der Waals surface area contributed by atoms with Gasteiger partial charge in [0, 0.05) is 28.2 Å². The Labute approximate surface area is 207 Å². The number of amides is 3. The molecule has 194 valence electrons. The van der Waals surface area contributed by atoms with Gasteiger partial charge in [-0.2, -0.15) is 13.2 Å². The second-order valence-corrected chi connectivity index (χ2v) is 9.82. The highest BCUT2D eigenvalue weighted by molar-refractivity contribution is 7.86. The molecule has 2 aromatic carbocycles. The maximum Gasteiger partial charge on any atom is 0.416 e. The number of anilines is 2. The van der Waals surface area contributed by atoms with Gasteiger partial charge < -0.3 is 15.5 Å². The van der Waals surface area contributed by atoms with Crippen molar-refractivity contribution in [2.75, 3.05) is 28.3 Å². The number of halogens is 4. The van der Waals surface area contributed by atoms with Crippen LogP contribution >= 0.6 is 0 Å². The van der Waals surface area contributed by atoms with E-state index in [9.17, 15) is 36.2 Å². The number of benzene rings is 2. The molecule has 0 aromatic heterocycles. The Balaban J connectivity index is 1.69. The van der Waals surface area contributed by atoms with Crippen LogP contribution in [0.3, 0.4) is 0 Å². The number of nitrogens with one attached hydrogen (secondary N) is 2. The van der Waals surface area contributed by atoms with E-state index in [1.165, 1.54) is 18.2 Å². The van der Waals surface area contributed by atoms with Crippen LogP contribution in [-0.4, -0.2) is 46.0 Å². The number of rotatable bonds is 9. The summed E-state index contributed by atoms with van der Waals surface area (Å²) < 4.78 is 65.2. The molecular weight excluding hydrogens is 502 g/mol. The number of nitrogens with zero attached hydrogens (tertiary/aromatic N) is 1. The van der Waals surface area contributed by atoms with Gasteiger partial charge in [-0.05, 0) is 55.3 Å². The van der Waals surface area contributed by atoms with Crippen molar-refractivity contribution in [2.24, 2.45) is 0 Å². The first-order valence-corrected chi connectivity index (χ1v) is 12.7. The molecule has 1 aliphatic rings. The SMILES string of the molecule is O=C(C[S@@](=O)CC(=O)N(CC(=O)NC1CCCC1)c1cccc(C(F)(F)F)c1)Nc1ccc(F)cc1. The molecule has 0 bridgehead atoms. The monoisotopic (exact) mass is 527 g/mol. The van der Waals surface area contributed by atoms with E-state index in [1.807, 2.05) is 0 Å². The minimum Gasteiger partial charge on any atom is -0.352 e. The Bertz CT molecular complexity index is 1120. The number of carbonyl (C=O) groups is 3. The van der Waals surface area contributed by atoms with Crippen molar-refractivity contribution in [2.45, 2.75) is 37.9 Å². The Kier molecular flexibility index (Phi) is 9.19. The van der Waals surface area contributed by atoms with Crippen LogP contribution in [0.1, 0.15) is 31.2 Å². The Morgan fingerprint density at radius 2 is 1.64 bits per heavy atom. The van der Waals surface area contributed by atoms with Crippen LogP contribution in [0, 0.1) is 5.82 Å². The lowest BCUT2D eigenvalue weighted by atomic mass is 10.1. The first kappa shape index (κ1) is 27.3. The lowest BCUT2D eigenvalue weighted by molar-refractivity contribution is -0.137. The van der Waals surface area contributed by atoms with E-state index < -0.39 is 64.1 Å². The van der Waals surface area contributed by atoms with Crippen molar-refractivity contribution >= 4 is 39.9 Å². The van der Waals surface area contributed by atoms with Crippen LogP contribution in [0.25, 0.3) is 0 Å². The fourth-order valence-electron chi connectivity index (χ4n) is 3.80. The summed E-state index contributed by atoms with van der Waals surface area (Å²) in [5, 5.41) is 5.19. The number of hydrogen-bond acceptors (Lipinski definition) is 4. The average molecular weight is 528 g/mol. The maximum atomic E-state index is 13.2. The summed E-state index contributed by atoms with van der Waals surface area (Å²) in [4.78, 5) is 38.5. The van der Waals surface area contributed by atoms with Gasteiger partial charge in [-0.15, -0.1) is 0 Å². The highest BCUT2D eigenvalue weighted by Gasteiger charge is 2.32. The topological polar surface area (TPSA) is 95.6 Å². The van der Waals surface area contributed by atoms with Gasteiger partial charge in [0.15, 0.2) is 0 Å². The van der Waals surface area contributed by atoms with E-state index in [0.29, 0.717) is 0 Å². The zero-order valence-electron chi connectivity index (χ0n) is 19.1. The van der Waals surface area contributed by atoms with Crippen molar-refractivity contribution in [3.63, 3.8) is 0 Å². The lowest BCUT2D eigenvalue weighted by Crippen LogP contribution is -2.45. The molecule has 3 rings (SSSR count). The van der Waals surface area contributed by atoms with Crippen molar-refractivity contribution in [1.82, 2.24) is 5.32 Å². The normalized spacial score (nSPS) is 14.8. The molecule has 36 heavy (non-hydrogen) atoms. The second kappa shape index (κ2) is 12.1. The lowest BCUT2D eigenvalue weighted by Gasteiger charge is -2.24. The molecule has 3 amide bonds. The summed E-state index contributed by atoms with van der Waals surface area (Å²) in [5.41, 5.74) is -0.920. The first-order chi connectivity index (χ1) is 17.0. The first-order valence-electron chi connectivity index (χ1n) is 11.2. The zero-order valence-corrected chi connectivity index (χ0v) is 20.0. The fraction of sp³-hybridized carbons (Fsp3) is 0.375. The van der Waals surface area contributed by atoms with Gasteiger partial charge >= 0.3 is 6.18 Å². The van der Waals surface area contributed by atoms with Crippen molar-refractivity contribution in [3.05, 3.63) is 59.9 Å². The van der Waals surface area contributed by atoms with Gasteiger partial charge in [0.1, 0.15) is 23.9 Å². The van der Waals surface area contributed by atoms with Crippen LogP contribution in [0.15, 0.2) is 48.5 Å². The van der Waals surface area contributed by atoms with E-state index >= 15 is 0 Å². The van der Waals surface area contributed by atoms with Gasteiger partial charge in [0.25, 0.3) is 0 Å². The van der Waals surface area contributed by atoms with Crippen LogP contribution in [0.5, 0.6) is 0 Å². The number of alkyl halides is 3. The zero-order chi connectivity index (χ0) is 26.3. The molecule has 0 aliphatic heterocycles. The van der Waals surface area contributed by atoms with Gasteiger partial charge in [-0.1, -0.05) is 18.9 Å². The predicted octanol–water partition coefficient (Wildman–Crippen LogP) is 3.62. The van der Waals surface area contributed by atoms with Gasteiger partial charge in [-0.25, -0.2) is 4.39 Å². The fourth-order valence-corrected chi connectivity index (χ4v) is 4.70. The van der Waals surface area contributed by atoms with E-state index in [-0.39, 0.29) is 17.4 Å². The summed E-state index contributed by atoms with van der Waals surface area (Å²) in [6.45, 7) is -0.560. The predicted molar refractivity (Wildman–Crippen MR) is 127 cm³/mol. The number of carbonyl (C=O) groups excluding carboxylic acids is 3. The van der Waals surface area contributed by atoms with E-state index in [0.717, 1.165) is 60.9 Å². The molecule has 0 unspecified atom stereocenters. The summed E-state index contributed by atoms with van der Waals surface area (Å²) in [5.74, 6) is -3.89. The molecule has 1 atom stereocenters. The third-order valence-electron chi connectivity index (χ3n) is 5.51. The van der Waals surface area contributed by atoms with Crippen LogP contribution < -0.4 is 15.5 Å². The van der Waals surface area contributed by atoms with Gasteiger partial charge in [0.2, 0.25) is 17.7 Å².